The largest absolute Gasteiger partial charge is 0.383 e. The van der Waals surface area contributed by atoms with E-state index in [9.17, 15) is 0 Å². The number of nitrogens with one attached hydrogen (secondary N) is 4. The number of benzene rings is 1. The third kappa shape index (κ3) is 11.5. The number of aromatic nitrogens is 2. The molecule has 2 aliphatic heterocycles. The summed E-state index contributed by atoms with van der Waals surface area (Å²) in [6.45, 7) is 12.8. The first-order valence-electron chi connectivity index (χ1n) is 17.1. The van der Waals surface area contributed by atoms with Gasteiger partial charge in [-0.15, -0.1) is 0 Å². The average molecular weight is 639 g/mol. The van der Waals surface area contributed by atoms with Gasteiger partial charge < -0.3 is 41.5 Å². The van der Waals surface area contributed by atoms with Crippen LogP contribution in [0.25, 0.3) is 0 Å². The summed E-state index contributed by atoms with van der Waals surface area (Å²) in [6.07, 6.45) is 9.12. The van der Waals surface area contributed by atoms with E-state index in [1.54, 1.807) is 0 Å². The summed E-state index contributed by atoms with van der Waals surface area (Å²) in [4.78, 5) is 16.2. The number of hydrogen-bond donors (Lipinski definition) is 5. The molecule has 0 radical (unpaired) electrons. The van der Waals surface area contributed by atoms with Crippen LogP contribution in [0.3, 0.4) is 0 Å². The highest BCUT2D eigenvalue weighted by molar-refractivity contribution is 7.80. The van der Waals surface area contributed by atoms with Gasteiger partial charge in [-0.25, -0.2) is 0 Å². The van der Waals surface area contributed by atoms with Gasteiger partial charge in [0.05, 0.1) is 13.2 Å². The van der Waals surface area contributed by atoms with Crippen LogP contribution in [0.15, 0.2) is 30.3 Å². The van der Waals surface area contributed by atoms with Crippen LogP contribution >= 0.6 is 12.2 Å². The Bertz CT molecular complexity index is 1150. The molecule has 12 heteroatoms. The summed E-state index contributed by atoms with van der Waals surface area (Å²) >= 11 is 5.69. The van der Waals surface area contributed by atoms with Crippen molar-refractivity contribution < 1.29 is 4.74 Å². The highest BCUT2D eigenvalue weighted by Gasteiger charge is 2.21. The second-order valence-corrected chi connectivity index (χ2v) is 12.9. The van der Waals surface area contributed by atoms with Crippen LogP contribution < -0.4 is 31.9 Å². The minimum absolute atomic E-state index is 0.470. The highest BCUT2D eigenvalue weighted by atomic mass is 32.1. The zero-order valence-corrected chi connectivity index (χ0v) is 27.8. The van der Waals surface area contributed by atoms with E-state index in [4.69, 9.17) is 27.7 Å². The zero-order valence-electron chi connectivity index (χ0n) is 26.9. The lowest BCUT2D eigenvalue weighted by Gasteiger charge is -2.37. The molecule has 0 unspecified atom stereocenters. The molecule has 0 amide bonds. The van der Waals surface area contributed by atoms with Crippen molar-refractivity contribution in [3.8, 4) is 0 Å². The monoisotopic (exact) mass is 638 g/mol. The lowest BCUT2D eigenvalue weighted by molar-refractivity contribution is 0.0376. The molecular weight excluding hydrogens is 584 g/mol. The molecule has 3 fully saturated rings. The topological polar surface area (TPSA) is 119 Å². The number of anilines is 3. The number of hydrogen-bond acceptors (Lipinski definition) is 10. The first-order chi connectivity index (χ1) is 22.1. The maximum absolute atomic E-state index is 6.19. The maximum atomic E-state index is 6.19. The summed E-state index contributed by atoms with van der Waals surface area (Å²) < 4.78 is 5.43. The van der Waals surface area contributed by atoms with E-state index in [2.05, 4.69) is 65.2 Å². The van der Waals surface area contributed by atoms with Crippen molar-refractivity contribution >= 4 is 34.9 Å². The third-order valence-electron chi connectivity index (χ3n) is 9.03. The standard InChI is InChI=1S/C33H54N10OS/c34-30-24-31(42-16-18-43(19-17-42)33(45)37-14-5-15-41-20-22-44-23-21-41)40-32(39-30)38-26-28-10-8-27(9-11-28)25-35-12-4-13-36-29-6-2-1-3-7-29/h8-11,24,29,35-36H,1-7,12-23,25-26H2,(H,37,45)(H3,34,38,39,40). The molecule has 2 aromatic rings. The van der Waals surface area contributed by atoms with Gasteiger partial charge in [0.2, 0.25) is 5.95 Å². The van der Waals surface area contributed by atoms with E-state index in [0.29, 0.717) is 18.3 Å². The Balaban J connectivity index is 0.973. The van der Waals surface area contributed by atoms with Gasteiger partial charge in [0.15, 0.2) is 5.11 Å². The van der Waals surface area contributed by atoms with E-state index in [-0.39, 0.29) is 0 Å². The number of rotatable bonds is 15. The molecule has 1 aromatic carbocycles. The lowest BCUT2D eigenvalue weighted by atomic mass is 9.95. The van der Waals surface area contributed by atoms with Crippen molar-refractivity contribution in [2.75, 3.05) is 94.6 Å². The van der Waals surface area contributed by atoms with E-state index >= 15 is 0 Å². The molecule has 11 nitrogen and oxygen atoms in total. The second kappa shape index (κ2) is 18.4. The van der Waals surface area contributed by atoms with Gasteiger partial charge in [-0.2, -0.15) is 9.97 Å². The predicted molar refractivity (Wildman–Crippen MR) is 188 cm³/mol. The molecule has 0 bridgehead atoms. The number of nitrogens with two attached hydrogens (primary N) is 1. The molecule has 3 heterocycles. The minimum Gasteiger partial charge on any atom is -0.383 e. The van der Waals surface area contributed by atoms with Crippen molar-refractivity contribution in [3.63, 3.8) is 0 Å². The van der Waals surface area contributed by atoms with Crippen LogP contribution in [-0.4, -0.2) is 110 Å². The summed E-state index contributed by atoms with van der Waals surface area (Å²) in [5.74, 6) is 1.87. The number of thiocarbonyl (C=S) groups is 1. The molecule has 0 spiro atoms. The fourth-order valence-corrected chi connectivity index (χ4v) is 6.57. The van der Waals surface area contributed by atoms with Crippen LogP contribution in [0, 0.1) is 0 Å². The summed E-state index contributed by atoms with van der Waals surface area (Å²) in [6, 6.07) is 11.3. The van der Waals surface area contributed by atoms with Crippen LogP contribution in [0.5, 0.6) is 0 Å². The number of ether oxygens (including phenoxy) is 1. The van der Waals surface area contributed by atoms with Crippen molar-refractivity contribution in [1.82, 2.24) is 35.7 Å². The molecule has 248 valence electrons. The molecule has 1 aliphatic carbocycles. The first-order valence-corrected chi connectivity index (χ1v) is 17.5. The van der Waals surface area contributed by atoms with Gasteiger partial charge in [-0.3, -0.25) is 4.90 Å². The van der Waals surface area contributed by atoms with Gasteiger partial charge in [-0.05, 0) is 68.7 Å². The number of nitrogens with zero attached hydrogens (tertiary/aromatic N) is 5. The van der Waals surface area contributed by atoms with Gasteiger partial charge in [-0.1, -0.05) is 43.5 Å². The van der Waals surface area contributed by atoms with Crippen molar-refractivity contribution in [3.05, 3.63) is 41.5 Å². The Hall–Kier alpha value is -2.77. The van der Waals surface area contributed by atoms with Gasteiger partial charge in [0.1, 0.15) is 11.6 Å². The van der Waals surface area contributed by atoms with E-state index in [1.807, 2.05) is 6.07 Å². The fraction of sp³-hybridized carbons (Fsp3) is 0.667. The van der Waals surface area contributed by atoms with Crippen molar-refractivity contribution in [1.29, 1.82) is 0 Å². The minimum atomic E-state index is 0.470. The Morgan fingerprint density at radius 1 is 0.867 bits per heavy atom. The van der Waals surface area contributed by atoms with Crippen molar-refractivity contribution in [2.24, 2.45) is 0 Å². The number of nitrogen functional groups attached to an aromatic ring is 1. The van der Waals surface area contributed by atoms with Crippen LogP contribution in [0.1, 0.15) is 56.1 Å². The summed E-state index contributed by atoms with van der Waals surface area (Å²) in [5.41, 5.74) is 8.66. The quantitative estimate of drug-likeness (QED) is 0.146. The second-order valence-electron chi connectivity index (χ2n) is 12.5. The maximum Gasteiger partial charge on any atom is 0.226 e. The predicted octanol–water partition coefficient (Wildman–Crippen LogP) is 2.79. The first kappa shape index (κ1) is 33.6. The Labute approximate surface area is 275 Å². The zero-order chi connectivity index (χ0) is 31.1. The van der Waals surface area contributed by atoms with E-state index in [1.165, 1.54) is 43.2 Å². The summed E-state index contributed by atoms with van der Waals surface area (Å²) in [5, 5.41) is 15.0. The SMILES string of the molecule is Nc1cc(N2CCN(C(=S)NCCCN3CCOCC3)CC2)nc(NCc2ccc(CNCCCNC3CCCCC3)cc2)n1. The normalized spacial score (nSPS) is 18.2. The Morgan fingerprint density at radius 2 is 1.60 bits per heavy atom. The third-order valence-corrected chi connectivity index (χ3v) is 9.43. The van der Waals surface area contributed by atoms with Crippen LogP contribution in [0.4, 0.5) is 17.6 Å². The molecule has 1 saturated carbocycles. The molecule has 5 rings (SSSR count). The Kier molecular flexibility index (Phi) is 13.7. The molecule has 6 N–H and O–H groups in total. The number of morpholine rings is 1. The van der Waals surface area contributed by atoms with Gasteiger partial charge >= 0.3 is 0 Å². The summed E-state index contributed by atoms with van der Waals surface area (Å²) in [7, 11) is 0. The smallest absolute Gasteiger partial charge is 0.226 e. The van der Waals surface area contributed by atoms with Crippen molar-refractivity contribution in [2.45, 2.75) is 64.1 Å². The number of piperazine rings is 1. The van der Waals surface area contributed by atoms with E-state index in [0.717, 1.165) is 115 Å². The molecule has 3 aliphatic rings. The molecule has 2 saturated heterocycles. The Morgan fingerprint density at radius 3 is 2.36 bits per heavy atom. The highest BCUT2D eigenvalue weighted by Crippen LogP contribution is 2.19. The van der Waals surface area contributed by atoms with Crippen LogP contribution in [0.2, 0.25) is 0 Å². The van der Waals surface area contributed by atoms with Gasteiger partial charge in [0.25, 0.3) is 0 Å². The van der Waals surface area contributed by atoms with Crippen LogP contribution in [-0.2, 0) is 17.8 Å². The fourth-order valence-electron chi connectivity index (χ4n) is 6.28. The average Bonchev–Trinajstić information content (AvgIpc) is 3.08. The molecule has 0 atom stereocenters. The lowest BCUT2D eigenvalue weighted by Crippen LogP contribution is -2.52. The van der Waals surface area contributed by atoms with Gasteiger partial charge in [0, 0.05) is 71.0 Å². The molecule has 45 heavy (non-hydrogen) atoms. The van der Waals surface area contributed by atoms with E-state index < -0.39 is 0 Å². The molecule has 1 aromatic heterocycles. The molecular formula is C33H54N10OS.